The van der Waals surface area contributed by atoms with Crippen molar-refractivity contribution in [2.45, 2.75) is 27.7 Å². The monoisotopic (exact) mass is 406 g/mol. The molecule has 1 amide bonds. The van der Waals surface area contributed by atoms with Crippen LogP contribution in [-0.2, 0) is 0 Å². The number of hydrogen-bond donors (Lipinski definition) is 1. The highest BCUT2D eigenvalue weighted by Gasteiger charge is 2.17. The van der Waals surface area contributed by atoms with Gasteiger partial charge in [-0.2, -0.15) is 10.4 Å². The standard InChI is InChI=1S/C23H23FN4O2/c1-15-11-20(28(27-15)19-8-5-17(24)6-9-19)22(29)26-18-7-10-21(16(12-18)13-25)30-14-23(2,3)4/h5-12H,14H2,1-4H3,(H,26,29). The molecule has 30 heavy (non-hydrogen) atoms. The lowest BCUT2D eigenvalue weighted by atomic mass is 9.98. The first-order valence-electron chi connectivity index (χ1n) is 9.47. The molecule has 1 heterocycles. The quantitative estimate of drug-likeness (QED) is 0.656. The van der Waals surface area contributed by atoms with Crippen LogP contribution >= 0.6 is 0 Å². The molecule has 0 radical (unpaired) electrons. The molecule has 0 saturated heterocycles. The maximum atomic E-state index is 13.2. The molecule has 3 aromatic rings. The van der Waals surface area contributed by atoms with Gasteiger partial charge in [-0.05, 0) is 60.9 Å². The van der Waals surface area contributed by atoms with Crippen molar-refractivity contribution in [3.8, 4) is 17.5 Å². The number of nitrogens with zero attached hydrogens (tertiary/aromatic N) is 3. The Hall–Kier alpha value is -3.66. The van der Waals surface area contributed by atoms with E-state index in [1.165, 1.54) is 16.8 Å². The Bertz CT molecular complexity index is 1110. The summed E-state index contributed by atoms with van der Waals surface area (Å²) in [7, 11) is 0. The maximum absolute atomic E-state index is 13.2. The molecular formula is C23H23FN4O2. The number of nitrogens with one attached hydrogen (secondary N) is 1. The van der Waals surface area contributed by atoms with Crippen molar-refractivity contribution in [2.24, 2.45) is 5.41 Å². The number of rotatable bonds is 5. The Balaban J connectivity index is 1.83. The van der Waals surface area contributed by atoms with Crippen molar-refractivity contribution < 1.29 is 13.9 Å². The van der Waals surface area contributed by atoms with Crippen molar-refractivity contribution in [2.75, 3.05) is 11.9 Å². The molecule has 6 nitrogen and oxygen atoms in total. The number of aryl methyl sites for hydroxylation is 1. The van der Waals surface area contributed by atoms with Crippen molar-refractivity contribution in [3.05, 3.63) is 71.3 Å². The van der Waals surface area contributed by atoms with E-state index < -0.39 is 5.91 Å². The number of nitriles is 1. The Kier molecular flexibility index (Phi) is 5.88. The summed E-state index contributed by atoms with van der Waals surface area (Å²) in [6.45, 7) is 8.36. The smallest absolute Gasteiger partial charge is 0.274 e. The van der Waals surface area contributed by atoms with Gasteiger partial charge in [0.15, 0.2) is 0 Å². The molecule has 1 N–H and O–H groups in total. The molecule has 0 bridgehead atoms. The first kappa shape index (κ1) is 21.1. The topological polar surface area (TPSA) is 79.9 Å². The number of halogens is 1. The van der Waals surface area contributed by atoms with Gasteiger partial charge in [-0.3, -0.25) is 4.79 Å². The zero-order chi connectivity index (χ0) is 21.9. The molecule has 2 aromatic carbocycles. The third kappa shape index (κ3) is 5.03. The van der Waals surface area contributed by atoms with Crippen molar-refractivity contribution >= 4 is 11.6 Å². The summed E-state index contributed by atoms with van der Waals surface area (Å²) in [4.78, 5) is 12.9. The fourth-order valence-corrected chi connectivity index (χ4v) is 2.75. The summed E-state index contributed by atoms with van der Waals surface area (Å²) >= 11 is 0. The number of ether oxygens (including phenoxy) is 1. The van der Waals surface area contributed by atoms with Crippen LogP contribution in [0.4, 0.5) is 10.1 Å². The second-order valence-corrected chi connectivity index (χ2v) is 8.19. The van der Waals surface area contributed by atoms with Gasteiger partial charge < -0.3 is 10.1 Å². The van der Waals surface area contributed by atoms with Gasteiger partial charge in [-0.1, -0.05) is 20.8 Å². The summed E-state index contributed by atoms with van der Waals surface area (Å²) in [6.07, 6.45) is 0. The second kappa shape index (κ2) is 8.37. The molecule has 3 rings (SSSR count). The predicted molar refractivity (Wildman–Crippen MR) is 112 cm³/mol. The Labute approximate surface area is 174 Å². The average Bonchev–Trinajstić information content (AvgIpc) is 3.08. The number of aromatic nitrogens is 2. The average molecular weight is 406 g/mol. The van der Waals surface area contributed by atoms with E-state index >= 15 is 0 Å². The third-order valence-electron chi connectivity index (χ3n) is 4.15. The summed E-state index contributed by atoms with van der Waals surface area (Å²) in [5.74, 6) is -0.295. The lowest BCUT2D eigenvalue weighted by molar-refractivity contribution is 0.101. The van der Waals surface area contributed by atoms with Crippen LogP contribution in [0.2, 0.25) is 0 Å². The van der Waals surface area contributed by atoms with Gasteiger partial charge in [0.2, 0.25) is 0 Å². The molecular weight excluding hydrogens is 383 g/mol. The molecule has 0 aliphatic rings. The van der Waals surface area contributed by atoms with Crippen LogP contribution in [0, 0.1) is 29.5 Å². The molecule has 154 valence electrons. The SMILES string of the molecule is Cc1cc(C(=O)Nc2ccc(OCC(C)(C)C)c(C#N)c2)n(-c2ccc(F)cc2)n1. The molecule has 0 spiro atoms. The van der Waals surface area contributed by atoms with Crippen LogP contribution in [0.25, 0.3) is 5.69 Å². The van der Waals surface area contributed by atoms with E-state index in [1.807, 2.05) is 20.8 Å². The largest absolute Gasteiger partial charge is 0.492 e. The van der Waals surface area contributed by atoms with Crippen molar-refractivity contribution in [1.29, 1.82) is 5.26 Å². The maximum Gasteiger partial charge on any atom is 0.274 e. The molecule has 1 aromatic heterocycles. The highest BCUT2D eigenvalue weighted by Crippen LogP contribution is 2.25. The van der Waals surface area contributed by atoms with Gasteiger partial charge in [0.05, 0.1) is 23.6 Å². The molecule has 0 atom stereocenters. The summed E-state index contributed by atoms with van der Waals surface area (Å²) in [5, 5.41) is 16.6. The molecule has 0 saturated carbocycles. The number of anilines is 1. The van der Waals surface area contributed by atoms with E-state index in [0.29, 0.717) is 40.7 Å². The third-order valence-corrected chi connectivity index (χ3v) is 4.15. The fourth-order valence-electron chi connectivity index (χ4n) is 2.75. The predicted octanol–water partition coefficient (Wildman–Crippen LogP) is 4.87. The highest BCUT2D eigenvalue weighted by atomic mass is 19.1. The van der Waals surface area contributed by atoms with Crippen LogP contribution in [0.5, 0.6) is 5.75 Å². The zero-order valence-corrected chi connectivity index (χ0v) is 17.4. The number of carbonyl (C=O) groups excluding carboxylic acids is 1. The molecule has 0 unspecified atom stereocenters. The fraction of sp³-hybridized carbons (Fsp3) is 0.261. The minimum absolute atomic E-state index is 0.0454. The minimum Gasteiger partial charge on any atom is -0.492 e. The van der Waals surface area contributed by atoms with Crippen LogP contribution in [-0.4, -0.2) is 22.3 Å². The lowest BCUT2D eigenvalue weighted by Crippen LogP contribution is -2.18. The van der Waals surface area contributed by atoms with Gasteiger partial charge in [0.1, 0.15) is 23.3 Å². The van der Waals surface area contributed by atoms with Gasteiger partial charge in [0.25, 0.3) is 5.91 Å². The molecule has 0 aliphatic heterocycles. The van der Waals surface area contributed by atoms with Gasteiger partial charge in [-0.15, -0.1) is 0 Å². The van der Waals surface area contributed by atoms with E-state index in [9.17, 15) is 14.4 Å². The van der Waals surface area contributed by atoms with Gasteiger partial charge in [-0.25, -0.2) is 9.07 Å². The van der Waals surface area contributed by atoms with E-state index in [-0.39, 0.29) is 11.2 Å². The van der Waals surface area contributed by atoms with Crippen LogP contribution in [0.3, 0.4) is 0 Å². The number of carbonyl (C=O) groups is 1. The Morgan fingerprint density at radius 1 is 1.20 bits per heavy atom. The van der Waals surface area contributed by atoms with E-state index in [4.69, 9.17) is 4.74 Å². The summed E-state index contributed by atoms with van der Waals surface area (Å²) in [6, 6.07) is 14.4. The Morgan fingerprint density at radius 3 is 2.53 bits per heavy atom. The van der Waals surface area contributed by atoms with Crippen molar-refractivity contribution in [1.82, 2.24) is 9.78 Å². The number of amides is 1. The minimum atomic E-state index is -0.396. The molecule has 0 aliphatic carbocycles. The normalized spacial score (nSPS) is 11.1. The Morgan fingerprint density at radius 2 is 1.90 bits per heavy atom. The number of hydrogen-bond acceptors (Lipinski definition) is 4. The van der Waals surface area contributed by atoms with E-state index in [2.05, 4.69) is 16.5 Å². The first-order chi connectivity index (χ1) is 14.2. The van der Waals surface area contributed by atoms with Gasteiger partial charge >= 0.3 is 0 Å². The second-order valence-electron chi connectivity index (χ2n) is 8.19. The van der Waals surface area contributed by atoms with Crippen molar-refractivity contribution in [3.63, 3.8) is 0 Å². The van der Waals surface area contributed by atoms with Crippen LogP contribution in [0.1, 0.15) is 42.5 Å². The molecule has 0 fully saturated rings. The van der Waals surface area contributed by atoms with Crippen LogP contribution < -0.4 is 10.1 Å². The van der Waals surface area contributed by atoms with Crippen LogP contribution in [0.15, 0.2) is 48.5 Å². The van der Waals surface area contributed by atoms with Gasteiger partial charge in [0, 0.05) is 5.69 Å². The zero-order valence-electron chi connectivity index (χ0n) is 17.4. The lowest BCUT2D eigenvalue weighted by Gasteiger charge is -2.19. The van der Waals surface area contributed by atoms with E-state index in [0.717, 1.165) is 0 Å². The summed E-state index contributed by atoms with van der Waals surface area (Å²) in [5.41, 5.74) is 2.26. The number of benzene rings is 2. The first-order valence-corrected chi connectivity index (χ1v) is 9.47. The highest BCUT2D eigenvalue weighted by molar-refractivity contribution is 6.03. The summed E-state index contributed by atoms with van der Waals surface area (Å²) < 4.78 is 20.4. The molecule has 7 heteroatoms. The van der Waals surface area contributed by atoms with E-state index in [1.54, 1.807) is 43.3 Å².